The fourth-order valence-corrected chi connectivity index (χ4v) is 1.73. The number of carbonyl (C=O) groups is 1. The van der Waals surface area contributed by atoms with E-state index in [2.05, 4.69) is 5.32 Å². The zero-order valence-electron chi connectivity index (χ0n) is 10.8. The van der Waals surface area contributed by atoms with Gasteiger partial charge >= 0.3 is 0 Å². The van der Waals surface area contributed by atoms with Crippen LogP contribution in [0.15, 0.2) is 66.7 Å². The summed E-state index contributed by atoms with van der Waals surface area (Å²) >= 11 is 0. The molecule has 0 fully saturated rings. The molecule has 0 saturated heterocycles. The molecule has 2 rings (SSSR count). The van der Waals surface area contributed by atoms with E-state index in [0.29, 0.717) is 13.0 Å². The van der Waals surface area contributed by atoms with E-state index in [1.165, 1.54) is 0 Å². The number of amides is 1. The van der Waals surface area contributed by atoms with Crippen molar-refractivity contribution in [2.45, 2.75) is 13.0 Å². The van der Waals surface area contributed by atoms with Crippen molar-refractivity contribution >= 4 is 12.0 Å². The maximum atomic E-state index is 11.6. The SMILES string of the molecule is O=C(C/C=C/c1ccccc1)NCc1ccccc1. The van der Waals surface area contributed by atoms with Crippen LogP contribution in [0.3, 0.4) is 0 Å². The van der Waals surface area contributed by atoms with Crippen LogP contribution in [0, 0.1) is 0 Å². The molecule has 2 aromatic rings. The number of benzene rings is 2. The van der Waals surface area contributed by atoms with Gasteiger partial charge in [-0.25, -0.2) is 0 Å². The van der Waals surface area contributed by atoms with Gasteiger partial charge in [0.2, 0.25) is 5.91 Å². The normalized spacial score (nSPS) is 10.5. The molecule has 96 valence electrons. The Hall–Kier alpha value is -2.35. The molecule has 1 N–H and O–H groups in total. The minimum Gasteiger partial charge on any atom is -0.352 e. The highest BCUT2D eigenvalue weighted by Crippen LogP contribution is 2.02. The van der Waals surface area contributed by atoms with Crippen molar-refractivity contribution in [3.8, 4) is 0 Å². The summed E-state index contributed by atoms with van der Waals surface area (Å²) < 4.78 is 0. The Bertz CT molecular complexity index is 532. The van der Waals surface area contributed by atoms with E-state index in [-0.39, 0.29) is 5.91 Å². The second-order valence-electron chi connectivity index (χ2n) is 4.28. The van der Waals surface area contributed by atoms with E-state index in [1.54, 1.807) is 0 Å². The van der Waals surface area contributed by atoms with Gasteiger partial charge in [-0.3, -0.25) is 4.79 Å². The number of hydrogen-bond acceptors (Lipinski definition) is 1. The second-order valence-corrected chi connectivity index (χ2v) is 4.28. The van der Waals surface area contributed by atoms with Gasteiger partial charge in [0.1, 0.15) is 0 Å². The lowest BCUT2D eigenvalue weighted by atomic mass is 10.2. The average molecular weight is 251 g/mol. The monoisotopic (exact) mass is 251 g/mol. The lowest BCUT2D eigenvalue weighted by Gasteiger charge is -2.03. The highest BCUT2D eigenvalue weighted by Gasteiger charge is 1.97. The van der Waals surface area contributed by atoms with Gasteiger partial charge in [0.05, 0.1) is 0 Å². The molecule has 0 saturated carbocycles. The number of hydrogen-bond donors (Lipinski definition) is 1. The van der Waals surface area contributed by atoms with E-state index in [9.17, 15) is 4.79 Å². The molecule has 0 aliphatic carbocycles. The summed E-state index contributed by atoms with van der Waals surface area (Å²) in [6, 6.07) is 19.9. The maximum absolute atomic E-state index is 11.6. The van der Waals surface area contributed by atoms with Crippen LogP contribution < -0.4 is 5.32 Å². The minimum absolute atomic E-state index is 0.0380. The Morgan fingerprint density at radius 2 is 1.58 bits per heavy atom. The quantitative estimate of drug-likeness (QED) is 0.867. The van der Waals surface area contributed by atoms with Crippen LogP contribution in [0.1, 0.15) is 17.5 Å². The Balaban J connectivity index is 1.75. The first-order valence-corrected chi connectivity index (χ1v) is 6.37. The van der Waals surface area contributed by atoms with E-state index < -0.39 is 0 Å². The molecule has 0 aliphatic heterocycles. The summed E-state index contributed by atoms with van der Waals surface area (Å²) in [6.45, 7) is 0.582. The fraction of sp³-hybridized carbons (Fsp3) is 0.118. The third kappa shape index (κ3) is 4.80. The standard InChI is InChI=1S/C17H17NO/c19-17(18-14-16-10-5-2-6-11-16)13-7-12-15-8-3-1-4-9-15/h1-12H,13-14H2,(H,18,19)/b12-7+. The van der Waals surface area contributed by atoms with Crippen LogP contribution in [-0.2, 0) is 11.3 Å². The molecule has 0 aromatic heterocycles. The number of carbonyl (C=O) groups excluding carboxylic acids is 1. The Kier molecular flexibility index (Phi) is 4.94. The van der Waals surface area contributed by atoms with Gasteiger partial charge in [0.15, 0.2) is 0 Å². The smallest absolute Gasteiger partial charge is 0.224 e. The Morgan fingerprint density at radius 3 is 2.26 bits per heavy atom. The van der Waals surface area contributed by atoms with Crippen molar-refractivity contribution in [1.29, 1.82) is 0 Å². The molecule has 0 spiro atoms. The molecule has 0 heterocycles. The van der Waals surface area contributed by atoms with Crippen molar-refractivity contribution in [3.05, 3.63) is 77.9 Å². The number of nitrogens with one attached hydrogen (secondary N) is 1. The summed E-state index contributed by atoms with van der Waals surface area (Å²) in [5, 5.41) is 2.90. The third-order valence-corrected chi connectivity index (χ3v) is 2.75. The van der Waals surface area contributed by atoms with Crippen molar-refractivity contribution in [2.75, 3.05) is 0 Å². The first kappa shape index (κ1) is 13.1. The molecule has 2 nitrogen and oxygen atoms in total. The molecule has 0 aliphatic rings. The molecule has 0 bridgehead atoms. The van der Waals surface area contributed by atoms with Gasteiger partial charge in [0.25, 0.3) is 0 Å². The molecule has 2 aromatic carbocycles. The molecular weight excluding hydrogens is 234 g/mol. The van der Waals surface area contributed by atoms with Crippen molar-refractivity contribution < 1.29 is 4.79 Å². The minimum atomic E-state index is 0.0380. The van der Waals surface area contributed by atoms with Crippen LogP contribution in [0.2, 0.25) is 0 Å². The molecule has 0 radical (unpaired) electrons. The lowest BCUT2D eigenvalue weighted by Crippen LogP contribution is -2.21. The Labute approximate surface area is 113 Å². The predicted molar refractivity (Wildman–Crippen MR) is 78.4 cm³/mol. The van der Waals surface area contributed by atoms with Gasteiger partial charge < -0.3 is 5.32 Å². The number of rotatable bonds is 5. The molecule has 2 heteroatoms. The molecule has 0 unspecified atom stereocenters. The van der Waals surface area contributed by atoms with E-state index in [1.807, 2.05) is 72.8 Å². The third-order valence-electron chi connectivity index (χ3n) is 2.75. The summed E-state index contributed by atoms with van der Waals surface area (Å²) in [5.41, 5.74) is 2.22. The van der Waals surface area contributed by atoms with Crippen molar-refractivity contribution in [3.63, 3.8) is 0 Å². The predicted octanol–water partition coefficient (Wildman–Crippen LogP) is 3.41. The fourth-order valence-electron chi connectivity index (χ4n) is 1.73. The van der Waals surface area contributed by atoms with Crippen molar-refractivity contribution in [2.24, 2.45) is 0 Å². The summed E-state index contributed by atoms with van der Waals surface area (Å²) in [4.78, 5) is 11.6. The van der Waals surface area contributed by atoms with Gasteiger partial charge in [-0.2, -0.15) is 0 Å². The Morgan fingerprint density at radius 1 is 0.947 bits per heavy atom. The molecule has 0 atom stereocenters. The maximum Gasteiger partial charge on any atom is 0.224 e. The highest BCUT2D eigenvalue weighted by atomic mass is 16.1. The van der Waals surface area contributed by atoms with Gasteiger partial charge in [-0.1, -0.05) is 72.8 Å². The van der Waals surface area contributed by atoms with E-state index >= 15 is 0 Å². The summed E-state index contributed by atoms with van der Waals surface area (Å²) in [5.74, 6) is 0.0380. The van der Waals surface area contributed by atoms with Crippen LogP contribution >= 0.6 is 0 Å². The largest absolute Gasteiger partial charge is 0.352 e. The average Bonchev–Trinajstić information content (AvgIpc) is 2.47. The van der Waals surface area contributed by atoms with Crippen LogP contribution in [0.25, 0.3) is 6.08 Å². The van der Waals surface area contributed by atoms with Crippen molar-refractivity contribution in [1.82, 2.24) is 5.32 Å². The second kappa shape index (κ2) is 7.17. The summed E-state index contributed by atoms with van der Waals surface area (Å²) in [7, 11) is 0. The first-order valence-electron chi connectivity index (χ1n) is 6.37. The zero-order chi connectivity index (χ0) is 13.3. The molecule has 1 amide bonds. The topological polar surface area (TPSA) is 29.1 Å². The van der Waals surface area contributed by atoms with E-state index in [0.717, 1.165) is 11.1 Å². The molecule has 19 heavy (non-hydrogen) atoms. The zero-order valence-corrected chi connectivity index (χ0v) is 10.8. The highest BCUT2D eigenvalue weighted by molar-refractivity contribution is 5.78. The molecular formula is C17H17NO. The van der Waals surface area contributed by atoms with Crippen LogP contribution in [0.5, 0.6) is 0 Å². The first-order chi connectivity index (χ1) is 9.34. The summed E-state index contributed by atoms with van der Waals surface area (Å²) in [6.07, 6.45) is 4.25. The van der Waals surface area contributed by atoms with Gasteiger partial charge in [0, 0.05) is 13.0 Å². The van der Waals surface area contributed by atoms with Gasteiger partial charge in [-0.15, -0.1) is 0 Å². The van der Waals surface area contributed by atoms with Crippen LogP contribution in [0.4, 0.5) is 0 Å². The van der Waals surface area contributed by atoms with E-state index in [4.69, 9.17) is 0 Å². The lowest BCUT2D eigenvalue weighted by molar-refractivity contribution is -0.120. The van der Waals surface area contributed by atoms with Crippen LogP contribution in [-0.4, -0.2) is 5.91 Å². The van der Waals surface area contributed by atoms with Gasteiger partial charge in [-0.05, 0) is 11.1 Å².